The Kier molecular flexibility index (Phi) is 5.58. The highest BCUT2D eigenvalue weighted by molar-refractivity contribution is 4.88. The van der Waals surface area contributed by atoms with E-state index in [1.807, 2.05) is 0 Å². The lowest BCUT2D eigenvalue weighted by Crippen LogP contribution is -2.55. The lowest BCUT2D eigenvalue weighted by atomic mass is 9.77. The molecule has 0 bridgehead atoms. The summed E-state index contributed by atoms with van der Waals surface area (Å²) in [4.78, 5) is 2.88. The molecule has 0 aromatic rings. The molecular weight excluding hydrogens is 258 g/mol. The standard InChI is InChI=1S/C18H35N3/c1-3-14(2)17-4-6-18(7-5-17)21(12-15-8-19-9-15)13-16-10-20-11-16/h14-20H,3-13H2,1-2H3. The highest BCUT2D eigenvalue weighted by Crippen LogP contribution is 2.34. The van der Waals surface area contributed by atoms with Crippen molar-refractivity contribution in [3.63, 3.8) is 0 Å². The second-order valence-electron chi connectivity index (χ2n) is 7.96. The Morgan fingerprint density at radius 1 is 0.905 bits per heavy atom. The van der Waals surface area contributed by atoms with Crippen LogP contribution in [0.1, 0.15) is 46.0 Å². The van der Waals surface area contributed by atoms with Gasteiger partial charge in [-0.25, -0.2) is 0 Å². The Labute approximate surface area is 131 Å². The molecule has 1 atom stereocenters. The van der Waals surface area contributed by atoms with Gasteiger partial charge in [0.05, 0.1) is 0 Å². The number of rotatable bonds is 7. The minimum absolute atomic E-state index is 0.881. The molecule has 1 aliphatic carbocycles. The molecule has 0 aromatic carbocycles. The van der Waals surface area contributed by atoms with Crippen molar-refractivity contribution in [3.05, 3.63) is 0 Å². The van der Waals surface area contributed by atoms with Gasteiger partial charge in [-0.15, -0.1) is 0 Å². The summed E-state index contributed by atoms with van der Waals surface area (Å²) in [6, 6.07) is 0.881. The van der Waals surface area contributed by atoms with Crippen molar-refractivity contribution < 1.29 is 0 Å². The molecule has 1 unspecified atom stereocenters. The van der Waals surface area contributed by atoms with Crippen LogP contribution in [0.25, 0.3) is 0 Å². The SMILES string of the molecule is CCC(C)C1CCC(N(CC2CNC2)CC2CNC2)CC1. The molecule has 0 aromatic heterocycles. The Balaban J connectivity index is 1.50. The van der Waals surface area contributed by atoms with Gasteiger partial charge >= 0.3 is 0 Å². The van der Waals surface area contributed by atoms with Gasteiger partial charge in [-0.05, 0) is 49.4 Å². The minimum atomic E-state index is 0.881. The predicted octanol–water partition coefficient (Wildman–Crippen LogP) is 2.33. The van der Waals surface area contributed by atoms with Gasteiger partial charge in [-0.1, -0.05) is 20.3 Å². The molecule has 2 saturated heterocycles. The summed E-state index contributed by atoms with van der Waals surface area (Å²) in [5, 5.41) is 6.88. The van der Waals surface area contributed by atoms with Gasteiger partial charge in [0.15, 0.2) is 0 Å². The molecule has 2 N–H and O–H groups in total. The Morgan fingerprint density at radius 2 is 1.43 bits per heavy atom. The summed E-state index contributed by atoms with van der Waals surface area (Å²) in [5.74, 6) is 3.78. The summed E-state index contributed by atoms with van der Waals surface area (Å²) in [5.41, 5.74) is 0. The second-order valence-corrected chi connectivity index (χ2v) is 7.96. The fourth-order valence-corrected chi connectivity index (χ4v) is 4.36. The van der Waals surface area contributed by atoms with Crippen molar-refractivity contribution in [3.8, 4) is 0 Å². The molecule has 2 heterocycles. The number of nitrogens with zero attached hydrogens (tertiary/aromatic N) is 1. The molecule has 1 saturated carbocycles. The maximum Gasteiger partial charge on any atom is 0.00957 e. The zero-order chi connectivity index (χ0) is 14.7. The van der Waals surface area contributed by atoms with E-state index in [1.54, 1.807) is 0 Å². The van der Waals surface area contributed by atoms with E-state index in [0.29, 0.717) is 0 Å². The first-order valence-electron chi connectivity index (χ1n) is 9.41. The molecule has 0 radical (unpaired) electrons. The van der Waals surface area contributed by atoms with E-state index in [1.165, 1.54) is 71.4 Å². The van der Waals surface area contributed by atoms with Crippen LogP contribution >= 0.6 is 0 Å². The Morgan fingerprint density at radius 3 is 1.81 bits per heavy atom. The van der Waals surface area contributed by atoms with Gasteiger partial charge in [0, 0.05) is 45.3 Å². The largest absolute Gasteiger partial charge is 0.316 e. The number of hydrogen-bond acceptors (Lipinski definition) is 3. The van der Waals surface area contributed by atoms with E-state index in [-0.39, 0.29) is 0 Å². The van der Waals surface area contributed by atoms with Crippen LogP contribution < -0.4 is 10.6 Å². The zero-order valence-electron chi connectivity index (χ0n) is 14.1. The van der Waals surface area contributed by atoms with Crippen molar-refractivity contribution in [1.29, 1.82) is 0 Å². The van der Waals surface area contributed by atoms with Gasteiger partial charge in [-0.2, -0.15) is 0 Å². The van der Waals surface area contributed by atoms with Gasteiger partial charge in [0.2, 0.25) is 0 Å². The van der Waals surface area contributed by atoms with Gasteiger partial charge in [0.1, 0.15) is 0 Å². The minimum Gasteiger partial charge on any atom is -0.316 e. The average Bonchev–Trinajstić information content (AvgIpc) is 2.43. The summed E-state index contributed by atoms with van der Waals surface area (Å²) in [6.45, 7) is 12.5. The smallest absolute Gasteiger partial charge is 0.00957 e. The summed E-state index contributed by atoms with van der Waals surface area (Å²) in [7, 11) is 0. The van der Waals surface area contributed by atoms with Crippen molar-refractivity contribution in [2.45, 2.75) is 52.0 Å². The number of hydrogen-bond donors (Lipinski definition) is 2. The highest BCUT2D eigenvalue weighted by atomic mass is 15.2. The molecule has 3 rings (SSSR count). The molecule has 3 nitrogen and oxygen atoms in total. The number of nitrogens with one attached hydrogen (secondary N) is 2. The Bertz CT molecular complexity index is 288. The molecule has 2 aliphatic heterocycles. The van der Waals surface area contributed by atoms with Crippen molar-refractivity contribution in [2.24, 2.45) is 23.7 Å². The van der Waals surface area contributed by atoms with Crippen LogP contribution in [0.3, 0.4) is 0 Å². The van der Waals surface area contributed by atoms with Crippen molar-refractivity contribution in [2.75, 3.05) is 39.3 Å². The first-order chi connectivity index (χ1) is 10.3. The summed E-state index contributed by atoms with van der Waals surface area (Å²) in [6.07, 6.45) is 7.22. The highest BCUT2D eigenvalue weighted by Gasteiger charge is 2.32. The van der Waals surface area contributed by atoms with E-state index in [0.717, 1.165) is 29.7 Å². The van der Waals surface area contributed by atoms with Crippen LogP contribution in [-0.2, 0) is 0 Å². The third-order valence-electron chi connectivity index (χ3n) is 6.42. The van der Waals surface area contributed by atoms with Gasteiger partial charge in [0.25, 0.3) is 0 Å². The van der Waals surface area contributed by atoms with E-state index < -0.39 is 0 Å². The van der Waals surface area contributed by atoms with Crippen LogP contribution in [0.5, 0.6) is 0 Å². The van der Waals surface area contributed by atoms with Crippen LogP contribution in [-0.4, -0.2) is 50.2 Å². The summed E-state index contributed by atoms with van der Waals surface area (Å²) < 4.78 is 0. The van der Waals surface area contributed by atoms with Crippen molar-refractivity contribution >= 4 is 0 Å². The van der Waals surface area contributed by atoms with Gasteiger partial charge < -0.3 is 10.6 Å². The molecule has 122 valence electrons. The zero-order valence-corrected chi connectivity index (χ0v) is 14.1. The maximum absolute atomic E-state index is 3.44. The molecule has 3 fully saturated rings. The molecule has 3 heteroatoms. The van der Waals surface area contributed by atoms with Crippen LogP contribution in [0.2, 0.25) is 0 Å². The molecule has 21 heavy (non-hydrogen) atoms. The Hall–Kier alpha value is -0.120. The lowest BCUT2D eigenvalue weighted by Gasteiger charge is -2.44. The fourth-order valence-electron chi connectivity index (χ4n) is 4.36. The topological polar surface area (TPSA) is 27.3 Å². The third kappa shape index (κ3) is 4.00. The summed E-state index contributed by atoms with van der Waals surface area (Å²) >= 11 is 0. The van der Waals surface area contributed by atoms with Crippen LogP contribution in [0, 0.1) is 23.7 Å². The third-order valence-corrected chi connectivity index (χ3v) is 6.42. The van der Waals surface area contributed by atoms with Crippen molar-refractivity contribution in [1.82, 2.24) is 15.5 Å². The normalized spacial score (nSPS) is 32.7. The van der Waals surface area contributed by atoms with Gasteiger partial charge in [-0.3, -0.25) is 4.90 Å². The molecule has 0 amide bonds. The average molecular weight is 293 g/mol. The van der Waals surface area contributed by atoms with Crippen LogP contribution in [0.4, 0.5) is 0 Å². The van der Waals surface area contributed by atoms with E-state index in [9.17, 15) is 0 Å². The van der Waals surface area contributed by atoms with E-state index in [2.05, 4.69) is 29.4 Å². The molecule has 0 spiro atoms. The van der Waals surface area contributed by atoms with E-state index in [4.69, 9.17) is 0 Å². The predicted molar refractivity (Wildman–Crippen MR) is 89.5 cm³/mol. The van der Waals surface area contributed by atoms with E-state index >= 15 is 0 Å². The maximum atomic E-state index is 3.44. The quantitative estimate of drug-likeness (QED) is 0.754. The fraction of sp³-hybridized carbons (Fsp3) is 1.00. The second kappa shape index (κ2) is 7.43. The monoisotopic (exact) mass is 293 g/mol. The first kappa shape index (κ1) is 15.8. The first-order valence-corrected chi connectivity index (χ1v) is 9.41. The molecule has 3 aliphatic rings. The molecular formula is C18H35N3. The van der Waals surface area contributed by atoms with Crippen LogP contribution in [0.15, 0.2) is 0 Å². The lowest BCUT2D eigenvalue weighted by molar-refractivity contribution is 0.0693.